The first-order chi connectivity index (χ1) is 15.4. The molecule has 8 heteroatoms. The number of amides is 2. The van der Waals surface area contributed by atoms with Crippen LogP contribution in [0.5, 0.6) is 0 Å². The van der Waals surface area contributed by atoms with E-state index < -0.39 is 21.8 Å². The average molecular weight is 454 g/mol. The Morgan fingerprint density at radius 2 is 1.50 bits per heavy atom. The summed E-state index contributed by atoms with van der Waals surface area (Å²) < 4.78 is 26.5. The molecule has 2 amide bonds. The summed E-state index contributed by atoms with van der Waals surface area (Å²) in [5, 5.41) is 7.09. The second-order valence-corrected chi connectivity index (χ2v) is 9.16. The zero-order valence-electron chi connectivity index (χ0n) is 18.2. The highest BCUT2D eigenvalue weighted by Gasteiger charge is 2.21. The first kappa shape index (κ1) is 23.4. The van der Waals surface area contributed by atoms with Crippen LogP contribution in [-0.2, 0) is 26.0 Å². The number of nitrogens with zero attached hydrogens (tertiary/aromatic N) is 1. The highest BCUT2D eigenvalue weighted by Crippen LogP contribution is 2.22. The third-order valence-corrected chi connectivity index (χ3v) is 7.27. The minimum atomic E-state index is -3.50. The van der Waals surface area contributed by atoms with Gasteiger partial charge < -0.3 is 10.6 Å². The molecule has 0 bridgehead atoms. The summed E-state index contributed by atoms with van der Waals surface area (Å²) in [6.07, 6.45) is 0.471. The molecule has 0 heterocycles. The smallest absolute Gasteiger partial charge is 0.313 e. The molecule has 0 saturated heterocycles. The Morgan fingerprint density at radius 1 is 0.844 bits per heavy atom. The molecular formula is C24H27N3O4S. The van der Waals surface area contributed by atoms with Gasteiger partial charge in [-0.15, -0.1) is 0 Å². The number of sulfonamides is 1. The summed E-state index contributed by atoms with van der Waals surface area (Å²) in [6.45, 7) is 4.67. The van der Waals surface area contributed by atoms with Crippen molar-refractivity contribution >= 4 is 38.3 Å². The molecule has 2 N–H and O–H groups in total. The lowest BCUT2D eigenvalue weighted by atomic mass is 10.1. The molecule has 0 aliphatic carbocycles. The van der Waals surface area contributed by atoms with Gasteiger partial charge in [0.2, 0.25) is 10.0 Å². The number of nitrogens with one attached hydrogen (secondary N) is 2. The van der Waals surface area contributed by atoms with Crippen LogP contribution in [0.4, 0.5) is 5.69 Å². The summed E-state index contributed by atoms with van der Waals surface area (Å²) in [6, 6.07) is 19.7. The van der Waals surface area contributed by atoms with Gasteiger partial charge in [-0.3, -0.25) is 9.59 Å². The van der Waals surface area contributed by atoms with Crippen molar-refractivity contribution in [1.29, 1.82) is 0 Å². The molecule has 168 valence electrons. The summed E-state index contributed by atoms with van der Waals surface area (Å²) >= 11 is 0. The van der Waals surface area contributed by atoms with Gasteiger partial charge in [0.05, 0.1) is 4.90 Å². The van der Waals surface area contributed by atoms with Crippen molar-refractivity contribution in [3.05, 3.63) is 72.3 Å². The molecule has 0 aliphatic heterocycles. The fourth-order valence-electron chi connectivity index (χ4n) is 3.45. The highest BCUT2D eigenvalue weighted by atomic mass is 32.2. The topological polar surface area (TPSA) is 95.6 Å². The molecule has 0 saturated carbocycles. The number of rotatable bonds is 8. The number of anilines is 1. The monoisotopic (exact) mass is 453 g/mol. The first-order valence-electron chi connectivity index (χ1n) is 10.5. The van der Waals surface area contributed by atoms with Gasteiger partial charge in [0.15, 0.2) is 0 Å². The van der Waals surface area contributed by atoms with Crippen LogP contribution in [0.1, 0.15) is 19.4 Å². The first-order valence-corrected chi connectivity index (χ1v) is 12.0. The average Bonchev–Trinajstić information content (AvgIpc) is 2.80. The van der Waals surface area contributed by atoms with Gasteiger partial charge in [0.1, 0.15) is 0 Å². The van der Waals surface area contributed by atoms with Crippen LogP contribution in [0.25, 0.3) is 10.8 Å². The Labute approximate surface area is 188 Å². The summed E-state index contributed by atoms with van der Waals surface area (Å²) in [7, 11) is -3.50. The van der Waals surface area contributed by atoms with Gasteiger partial charge in [-0.05, 0) is 35.6 Å². The van der Waals surface area contributed by atoms with Crippen molar-refractivity contribution in [3.8, 4) is 0 Å². The van der Waals surface area contributed by atoms with Crippen molar-refractivity contribution in [2.45, 2.75) is 25.2 Å². The molecule has 0 radical (unpaired) electrons. The molecule has 32 heavy (non-hydrogen) atoms. The van der Waals surface area contributed by atoms with Crippen molar-refractivity contribution in [2.75, 3.05) is 25.0 Å². The Bertz CT molecular complexity index is 1200. The van der Waals surface area contributed by atoms with Crippen molar-refractivity contribution in [3.63, 3.8) is 0 Å². The van der Waals surface area contributed by atoms with Gasteiger partial charge in [-0.1, -0.05) is 62.4 Å². The standard InChI is InChI=1S/C24H27N3O4S/c1-3-27(4-2)32(30,31)20-14-12-18(13-15-20)16-17-25-23(28)24(29)26-22-11-7-9-19-8-5-6-10-21(19)22/h5-15H,3-4,16-17H2,1-2H3,(H,25,28)(H,26,29). The van der Waals surface area contributed by atoms with Gasteiger partial charge in [-0.25, -0.2) is 8.42 Å². The molecule has 3 rings (SSSR count). The van der Waals surface area contributed by atoms with E-state index in [9.17, 15) is 18.0 Å². The van der Waals surface area contributed by atoms with Crippen LogP contribution in [0, 0.1) is 0 Å². The summed E-state index contributed by atoms with van der Waals surface area (Å²) in [5.74, 6) is -1.46. The van der Waals surface area contributed by atoms with Crippen LogP contribution in [0.3, 0.4) is 0 Å². The minimum Gasteiger partial charge on any atom is -0.347 e. The van der Waals surface area contributed by atoms with Crippen LogP contribution < -0.4 is 10.6 Å². The van der Waals surface area contributed by atoms with E-state index in [1.165, 1.54) is 4.31 Å². The lowest BCUT2D eigenvalue weighted by molar-refractivity contribution is -0.136. The lowest BCUT2D eigenvalue weighted by Gasteiger charge is -2.18. The zero-order chi connectivity index (χ0) is 23.1. The van der Waals surface area contributed by atoms with Crippen molar-refractivity contribution in [2.24, 2.45) is 0 Å². The molecule has 0 atom stereocenters. The largest absolute Gasteiger partial charge is 0.347 e. The van der Waals surface area contributed by atoms with E-state index in [1.54, 1.807) is 44.2 Å². The molecule has 7 nitrogen and oxygen atoms in total. The van der Waals surface area contributed by atoms with E-state index in [0.717, 1.165) is 16.3 Å². The number of hydrogen-bond donors (Lipinski definition) is 2. The number of fused-ring (bicyclic) bond motifs is 1. The molecule has 0 aliphatic rings. The second kappa shape index (κ2) is 10.4. The highest BCUT2D eigenvalue weighted by molar-refractivity contribution is 7.89. The molecule has 3 aromatic rings. The fourth-order valence-corrected chi connectivity index (χ4v) is 4.91. The normalized spacial score (nSPS) is 11.5. The fraction of sp³-hybridized carbons (Fsp3) is 0.250. The summed E-state index contributed by atoms with van der Waals surface area (Å²) in [5.41, 5.74) is 1.44. The van der Waals surface area contributed by atoms with Gasteiger partial charge in [-0.2, -0.15) is 4.31 Å². The molecular weight excluding hydrogens is 426 g/mol. The molecule has 0 spiro atoms. The van der Waals surface area contributed by atoms with E-state index in [-0.39, 0.29) is 11.4 Å². The van der Waals surface area contributed by atoms with E-state index in [0.29, 0.717) is 25.2 Å². The Kier molecular flexibility index (Phi) is 7.61. The Morgan fingerprint density at radius 3 is 2.19 bits per heavy atom. The van der Waals surface area contributed by atoms with Crippen molar-refractivity contribution < 1.29 is 18.0 Å². The SMILES string of the molecule is CCN(CC)S(=O)(=O)c1ccc(CCNC(=O)C(=O)Nc2cccc3ccccc23)cc1. The zero-order valence-corrected chi connectivity index (χ0v) is 19.0. The maximum Gasteiger partial charge on any atom is 0.313 e. The molecule has 0 aromatic heterocycles. The predicted molar refractivity (Wildman–Crippen MR) is 126 cm³/mol. The van der Waals surface area contributed by atoms with Crippen LogP contribution in [0.15, 0.2) is 71.6 Å². The van der Waals surface area contributed by atoms with Gasteiger partial charge in [0, 0.05) is 30.7 Å². The predicted octanol–water partition coefficient (Wildman–Crippen LogP) is 3.17. The molecule has 0 fully saturated rings. The van der Waals surface area contributed by atoms with E-state index in [4.69, 9.17) is 0 Å². The van der Waals surface area contributed by atoms with E-state index >= 15 is 0 Å². The Balaban J connectivity index is 1.55. The Hall–Kier alpha value is -3.23. The van der Waals surface area contributed by atoms with Crippen molar-refractivity contribution in [1.82, 2.24) is 9.62 Å². The summed E-state index contributed by atoms with van der Waals surface area (Å²) in [4.78, 5) is 24.7. The number of carbonyl (C=O) groups is 2. The second-order valence-electron chi connectivity index (χ2n) is 7.22. The maximum atomic E-state index is 12.5. The van der Waals surface area contributed by atoms with Crippen LogP contribution in [-0.4, -0.2) is 44.2 Å². The number of carbonyl (C=O) groups excluding carboxylic acids is 2. The van der Waals surface area contributed by atoms with Gasteiger partial charge >= 0.3 is 11.8 Å². The van der Waals surface area contributed by atoms with E-state index in [1.807, 2.05) is 36.4 Å². The van der Waals surface area contributed by atoms with Gasteiger partial charge in [0.25, 0.3) is 0 Å². The number of hydrogen-bond acceptors (Lipinski definition) is 4. The quantitative estimate of drug-likeness (QED) is 0.512. The number of benzene rings is 3. The molecule has 3 aromatic carbocycles. The maximum absolute atomic E-state index is 12.5. The van der Waals surface area contributed by atoms with Crippen LogP contribution >= 0.6 is 0 Å². The van der Waals surface area contributed by atoms with Crippen LogP contribution in [0.2, 0.25) is 0 Å². The molecule has 0 unspecified atom stereocenters. The van der Waals surface area contributed by atoms with E-state index in [2.05, 4.69) is 10.6 Å². The lowest BCUT2D eigenvalue weighted by Crippen LogP contribution is -2.36. The third-order valence-electron chi connectivity index (χ3n) is 5.21. The minimum absolute atomic E-state index is 0.239. The third kappa shape index (κ3) is 5.33.